The SMILES string of the molecule is Cc1nn(C)c(N(C)C2CCCC(C)C2)c1CBr. The Balaban J connectivity index is 2.24. The minimum atomic E-state index is 0.668. The molecule has 4 heteroatoms. The normalized spacial score (nSPS) is 24.3. The van der Waals surface area contributed by atoms with Crippen molar-refractivity contribution < 1.29 is 0 Å². The molecule has 18 heavy (non-hydrogen) atoms. The van der Waals surface area contributed by atoms with Gasteiger partial charge in [0.05, 0.1) is 5.69 Å². The van der Waals surface area contributed by atoms with E-state index in [-0.39, 0.29) is 0 Å². The Morgan fingerprint density at radius 1 is 1.44 bits per heavy atom. The Labute approximate surface area is 119 Å². The van der Waals surface area contributed by atoms with Gasteiger partial charge in [0.2, 0.25) is 0 Å². The number of nitrogens with zero attached hydrogens (tertiary/aromatic N) is 3. The van der Waals surface area contributed by atoms with Crippen molar-refractivity contribution in [2.24, 2.45) is 13.0 Å². The first kappa shape index (κ1) is 13.9. The maximum absolute atomic E-state index is 4.56. The summed E-state index contributed by atoms with van der Waals surface area (Å²) in [7, 11) is 4.28. The number of anilines is 1. The summed E-state index contributed by atoms with van der Waals surface area (Å²) in [5, 5.41) is 5.45. The molecule has 1 aromatic heterocycles. The Bertz CT molecular complexity index is 413. The molecule has 0 bridgehead atoms. The molecule has 0 amide bonds. The third kappa shape index (κ3) is 2.58. The topological polar surface area (TPSA) is 21.1 Å². The van der Waals surface area contributed by atoms with E-state index in [4.69, 9.17) is 0 Å². The molecule has 1 fully saturated rings. The minimum Gasteiger partial charge on any atom is -0.357 e. The Kier molecular flexibility index (Phi) is 4.36. The minimum absolute atomic E-state index is 0.668. The summed E-state index contributed by atoms with van der Waals surface area (Å²) in [4.78, 5) is 2.45. The zero-order valence-electron chi connectivity index (χ0n) is 11.9. The van der Waals surface area contributed by atoms with Crippen LogP contribution in [0.1, 0.15) is 43.9 Å². The summed E-state index contributed by atoms with van der Waals surface area (Å²) >= 11 is 3.60. The molecule has 2 atom stereocenters. The smallest absolute Gasteiger partial charge is 0.130 e. The highest BCUT2D eigenvalue weighted by Gasteiger charge is 2.26. The molecule has 2 rings (SSSR count). The average molecular weight is 314 g/mol. The lowest BCUT2D eigenvalue weighted by Crippen LogP contribution is -2.37. The van der Waals surface area contributed by atoms with E-state index in [1.165, 1.54) is 37.1 Å². The molecule has 0 saturated heterocycles. The molecule has 3 nitrogen and oxygen atoms in total. The van der Waals surface area contributed by atoms with Crippen LogP contribution in [0.4, 0.5) is 5.82 Å². The predicted molar refractivity (Wildman–Crippen MR) is 80.4 cm³/mol. The van der Waals surface area contributed by atoms with Gasteiger partial charge in [0.15, 0.2) is 0 Å². The molecular weight excluding hydrogens is 290 g/mol. The van der Waals surface area contributed by atoms with E-state index < -0.39 is 0 Å². The Hall–Kier alpha value is -0.510. The fraction of sp³-hybridized carbons (Fsp3) is 0.786. The predicted octanol–water partition coefficient (Wildman–Crippen LogP) is 3.64. The van der Waals surface area contributed by atoms with Crippen molar-refractivity contribution in [2.75, 3.05) is 11.9 Å². The van der Waals surface area contributed by atoms with Gasteiger partial charge in [-0.15, -0.1) is 0 Å². The van der Waals surface area contributed by atoms with Crippen LogP contribution in [0.15, 0.2) is 0 Å². The average Bonchev–Trinajstić information content (AvgIpc) is 2.62. The summed E-state index contributed by atoms with van der Waals surface area (Å²) in [6.45, 7) is 4.47. The maximum Gasteiger partial charge on any atom is 0.130 e. The van der Waals surface area contributed by atoms with E-state index in [2.05, 4.69) is 53.9 Å². The second-order valence-electron chi connectivity index (χ2n) is 5.68. The molecular formula is C14H24BrN3. The van der Waals surface area contributed by atoms with E-state index in [9.17, 15) is 0 Å². The van der Waals surface area contributed by atoms with Gasteiger partial charge in [-0.1, -0.05) is 35.7 Å². The highest BCUT2D eigenvalue weighted by Crippen LogP contribution is 2.32. The van der Waals surface area contributed by atoms with Crippen molar-refractivity contribution in [3.8, 4) is 0 Å². The number of rotatable bonds is 3. The van der Waals surface area contributed by atoms with Crippen molar-refractivity contribution in [1.29, 1.82) is 0 Å². The van der Waals surface area contributed by atoms with E-state index in [1.54, 1.807) is 0 Å². The van der Waals surface area contributed by atoms with Gasteiger partial charge in [-0.25, -0.2) is 0 Å². The highest BCUT2D eigenvalue weighted by atomic mass is 79.9. The molecule has 0 aliphatic heterocycles. The van der Waals surface area contributed by atoms with E-state index in [1.807, 2.05) is 4.68 Å². The van der Waals surface area contributed by atoms with Crippen LogP contribution in [-0.4, -0.2) is 22.9 Å². The molecule has 1 heterocycles. The Morgan fingerprint density at radius 3 is 2.78 bits per heavy atom. The molecule has 0 radical (unpaired) electrons. The molecule has 2 unspecified atom stereocenters. The molecule has 102 valence electrons. The van der Waals surface area contributed by atoms with Crippen LogP contribution >= 0.6 is 15.9 Å². The number of alkyl halides is 1. The molecule has 1 aliphatic rings. The third-order valence-electron chi connectivity index (χ3n) is 4.24. The highest BCUT2D eigenvalue weighted by molar-refractivity contribution is 9.08. The van der Waals surface area contributed by atoms with Gasteiger partial charge in [0.1, 0.15) is 5.82 Å². The summed E-state index contributed by atoms with van der Waals surface area (Å²) in [6.07, 6.45) is 5.37. The number of aromatic nitrogens is 2. The lowest BCUT2D eigenvalue weighted by atomic mass is 9.86. The molecule has 1 aliphatic carbocycles. The first-order valence-corrected chi connectivity index (χ1v) is 7.98. The van der Waals surface area contributed by atoms with E-state index in [0.29, 0.717) is 6.04 Å². The molecule has 1 aromatic rings. The van der Waals surface area contributed by atoms with Crippen molar-refractivity contribution in [1.82, 2.24) is 9.78 Å². The van der Waals surface area contributed by atoms with Crippen molar-refractivity contribution in [2.45, 2.75) is 50.9 Å². The summed E-state index contributed by atoms with van der Waals surface area (Å²) in [5.74, 6) is 2.14. The van der Waals surface area contributed by atoms with E-state index >= 15 is 0 Å². The van der Waals surface area contributed by atoms with Gasteiger partial charge in [-0.3, -0.25) is 4.68 Å². The van der Waals surface area contributed by atoms with Crippen LogP contribution in [0.5, 0.6) is 0 Å². The first-order valence-electron chi connectivity index (χ1n) is 6.85. The number of halogens is 1. The van der Waals surface area contributed by atoms with Crippen molar-refractivity contribution in [3.63, 3.8) is 0 Å². The Morgan fingerprint density at radius 2 is 2.17 bits per heavy atom. The molecule has 0 spiro atoms. The summed E-state index contributed by atoms with van der Waals surface area (Å²) < 4.78 is 2.03. The number of hydrogen-bond acceptors (Lipinski definition) is 2. The van der Waals surface area contributed by atoms with Crippen molar-refractivity contribution in [3.05, 3.63) is 11.3 Å². The van der Waals surface area contributed by atoms with Crippen LogP contribution in [0.2, 0.25) is 0 Å². The van der Waals surface area contributed by atoms with Crippen LogP contribution < -0.4 is 4.90 Å². The van der Waals surface area contributed by atoms with Crippen LogP contribution in [0.3, 0.4) is 0 Å². The largest absolute Gasteiger partial charge is 0.357 e. The monoisotopic (exact) mass is 313 g/mol. The second kappa shape index (κ2) is 5.64. The van der Waals surface area contributed by atoms with Crippen LogP contribution in [0.25, 0.3) is 0 Å². The lowest BCUT2D eigenvalue weighted by Gasteiger charge is -2.35. The van der Waals surface area contributed by atoms with Gasteiger partial charge in [-0.05, 0) is 25.7 Å². The molecule has 1 saturated carbocycles. The zero-order chi connectivity index (χ0) is 13.3. The fourth-order valence-corrected chi connectivity index (χ4v) is 3.87. The molecule has 0 N–H and O–H groups in total. The lowest BCUT2D eigenvalue weighted by molar-refractivity contribution is 0.334. The number of hydrogen-bond donors (Lipinski definition) is 0. The van der Waals surface area contributed by atoms with Crippen LogP contribution in [0, 0.1) is 12.8 Å². The quantitative estimate of drug-likeness (QED) is 0.794. The van der Waals surface area contributed by atoms with E-state index in [0.717, 1.165) is 16.9 Å². The number of aryl methyl sites for hydroxylation is 2. The van der Waals surface area contributed by atoms with Gasteiger partial charge < -0.3 is 4.90 Å². The second-order valence-corrected chi connectivity index (χ2v) is 6.24. The van der Waals surface area contributed by atoms with Crippen LogP contribution in [-0.2, 0) is 12.4 Å². The zero-order valence-corrected chi connectivity index (χ0v) is 13.5. The van der Waals surface area contributed by atoms with Crippen molar-refractivity contribution >= 4 is 21.7 Å². The summed E-state index contributed by atoms with van der Waals surface area (Å²) in [5.41, 5.74) is 2.47. The standard InChI is InChI=1S/C14H24BrN3/c1-10-6-5-7-12(8-10)17(3)14-13(9-15)11(2)16-18(14)4/h10,12H,5-9H2,1-4H3. The van der Waals surface area contributed by atoms with Gasteiger partial charge in [-0.2, -0.15) is 5.10 Å². The summed E-state index contributed by atoms with van der Waals surface area (Å²) in [6, 6.07) is 0.668. The van der Waals surface area contributed by atoms with Gasteiger partial charge >= 0.3 is 0 Å². The maximum atomic E-state index is 4.56. The fourth-order valence-electron chi connectivity index (χ4n) is 3.21. The first-order chi connectivity index (χ1) is 8.54. The van der Waals surface area contributed by atoms with Gasteiger partial charge in [0, 0.05) is 31.0 Å². The third-order valence-corrected chi connectivity index (χ3v) is 4.80. The van der Waals surface area contributed by atoms with Gasteiger partial charge in [0.25, 0.3) is 0 Å². The molecule has 0 aromatic carbocycles.